The third kappa shape index (κ3) is 1.61. The van der Waals surface area contributed by atoms with E-state index in [1.165, 1.54) is 0 Å². The molecule has 0 bridgehead atoms. The van der Waals surface area contributed by atoms with E-state index in [9.17, 15) is 9.59 Å². The van der Waals surface area contributed by atoms with Gasteiger partial charge in [0.1, 0.15) is 5.54 Å². The minimum atomic E-state index is -0.680. The van der Waals surface area contributed by atoms with E-state index in [-0.39, 0.29) is 11.8 Å². The molecule has 0 saturated carbocycles. The molecule has 0 aromatic heterocycles. The van der Waals surface area contributed by atoms with Gasteiger partial charge in [-0.1, -0.05) is 6.92 Å². The SMILES string of the molecule is CCC(=O)N1CCN(C)C(=O)C1(C)C. The summed E-state index contributed by atoms with van der Waals surface area (Å²) in [7, 11) is 1.78. The van der Waals surface area contributed by atoms with Gasteiger partial charge < -0.3 is 9.80 Å². The zero-order chi connectivity index (χ0) is 10.9. The van der Waals surface area contributed by atoms with E-state index in [2.05, 4.69) is 0 Å². The topological polar surface area (TPSA) is 40.6 Å². The van der Waals surface area contributed by atoms with Crippen LogP contribution in [-0.2, 0) is 9.59 Å². The van der Waals surface area contributed by atoms with Crippen LogP contribution in [0.1, 0.15) is 27.2 Å². The molecular weight excluding hydrogens is 180 g/mol. The van der Waals surface area contributed by atoms with Crippen molar-refractivity contribution >= 4 is 11.8 Å². The smallest absolute Gasteiger partial charge is 0.247 e. The lowest BCUT2D eigenvalue weighted by Crippen LogP contribution is -2.63. The molecule has 1 heterocycles. The number of carbonyl (C=O) groups excluding carboxylic acids is 2. The van der Waals surface area contributed by atoms with Crippen molar-refractivity contribution in [3.63, 3.8) is 0 Å². The molecule has 4 nitrogen and oxygen atoms in total. The molecule has 80 valence electrons. The van der Waals surface area contributed by atoms with Crippen molar-refractivity contribution in [1.82, 2.24) is 9.80 Å². The fourth-order valence-electron chi connectivity index (χ4n) is 1.84. The first-order chi connectivity index (χ1) is 6.41. The van der Waals surface area contributed by atoms with Crippen molar-refractivity contribution in [2.24, 2.45) is 0 Å². The Morgan fingerprint density at radius 3 is 2.50 bits per heavy atom. The predicted octanol–water partition coefficient (Wildman–Crippen LogP) is 0.476. The largest absolute Gasteiger partial charge is 0.342 e. The number of piperazine rings is 1. The molecular formula is C10H18N2O2. The van der Waals surface area contributed by atoms with Crippen molar-refractivity contribution in [2.75, 3.05) is 20.1 Å². The van der Waals surface area contributed by atoms with E-state index in [1.54, 1.807) is 30.7 Å². The van der Waals surface area contributed by atoms with Crippen molar-refractivity contribution in [3.8, 4) is 0 Å². The highest BCUT2D eigenvalue weighted by molar-refractivity contribution is 5.91. The second kappa shape index (κ2) is 3.59. The fraction of sp³-hybridized carbons (Fsp3) is 0.800. The van der Waals surface area contributed by atoms with Crippen LogP contribution in [0.25, 0.3) is 0 Å². The van der Waals surface area contributed by atoms with Crippen molar-refractivity contribution in [2.45, 2.75) is 32.7 Å². The molecule has 0 spiro atoms. The van der Waals surface area contributed by atoms with Gasteiger partial charge in [-0.3, -0.25) is 9.59 Å². The standard InChI is InChI=1S/C10H18N2O2/c1-5-8(13)12-7-6-11(4)9(14)10(12,2)3/h5-7H2,1-4H3. The maximum Gasteiger partial charge on any atom is 0.247 e. The number of nitrogens with zero attached hydrogens (tertiary/aromatic N) is 2. The summed E-state index contributed by atoms with van der Waals surface area (Å²) >= 11 is 0. The molecule has 1 aliphatic heterocycles. The Morgan fingerprint density at radius 2 is 2.00 bits per heavy atom. The predicted molar refractivity (Wildman–Crippen MR) is 53.7 cm³/mol. The monoisotopic (exact) mass is 198 g/mol. The maximum atomic E-state index is 11.8. The first-order valence-corrected chi connectivity index (χ1v) is 4.97. The molecule has 4 heteroatoms. The lowest BCUT2D eigenvalue weighted by Gasteiger charge is -2.44. The van der Waals surface area contributed by atoms with Crippen LogP contribution in [0.5, 0.6) is 0 Å². The Kier molecular flexibility index (Phi) is 2.83. The Labute approximate surface area is 84.9 Å². The molecule has 1 saturated heterocycles. The molecule has 1 aliphatic rings. The van der Waals surface area contributed by atoms with E-state index >= 15 is 0 Å². The third-order valence-corrected chi connectivity index (χ3v) is 2.81. The van der Waals surface area contributed by atoms with Crippen LogP contribution in [0.4, 0.5) is 0 Å². The number of amides is 2. The lowest BCUT2D eigenvalue weighted by molar-refractivity contribution is -0.157. The van der Waals surface area contributed by atoms with E-state index < -0.39 is 5.54 Å². The molecule has 1 rings (SSSR count). The molecule has 0 aliphatic carbocycles. The highest BCUT2D eigenvalue weighted by Gasteiger charge is 2.42. The molecule has 1 fully saturated rings. The van der Waals surface area contributed by atoms with Crippen LogP contribution in [-0.4, -0.2) is 47.3 Å². The van der Waals surface area contributed by atoms with Crippen molar-refractivity contribution < 1.29 is 9.59 Å². The summed E-state index contributed by atoms with van der Waals surface area (Å²) in [6.07, 6.45) is 0.459. The summed E-state index contributed by atoms with van der Waals surface area (Å²) in [5.74, 6) is 0.0713. The number of likely N-dealkylation sites (N-methyl/N-ethyl adjacent to an activating group) is 1. The van der Waals surface area contributed by atoms with Crippen LogP contribution < -0.4 is 0 Å². The van der Waals surface area contributed by atoms with Gasteiger partial charge in [0.05, 0.1) is 0 Å². The summed E-state index contributed by atoms with van der Waals surface area (Å²) in [6.45, 7) is 6.70. The second-order valence-electron chi connectivity index (χ2n) is 4.18. The van der Waals surface area contributed by atoms with Gasteiger partial charge in [-0.25, -0.2) is 0 Å². The van der Waals surface area contributed by atoms with E-state index in [4.69, 9.17) is 0 Å². The van der Waals surface area contributed by atoms with Crippen LogP contribution in [0.2, 0.25) is 0 Å². The highest BCUT2D eigenvalue weighted by Crippen LogP contribution is 2.22. The van der Waals surface area contributed by atoms with Crippen LogP contribution >= 0.6 is 0 Å². The summed E-state index contributed by atoms with van der Waals surface area (Å²) < 4.78 is 0. The van der Waals surface area contributed by atoms with E-state index in [0.717, 1.165) is 0 Å². The second-order valence-corrected chi connectivity index (χ2v) is 4.18. The molecule has 0 atom stereocenters. The Hall–Kier alpha value is -1.06. The van der Waals surface area contributed by atoms with Crippen LogP contribution in [0, 0.1) is 0 Å². The number of hydrogen-bond donors (Lipinski definition) is 0. The number of rotatable bonds is 1. The maximum absolute atomic E-state index is 11.8. The van der Waals surface area contributed by atoms with Gasteiger partial charge in [-0.15, -0.1) is 0 Å². The fourth-order valence-corrected chi connectivity index (χ4v) is 1.84. The normalized spacial score (nSPS) is 21.3. The van der Waals surface area contributed by atoms with Crippen LogP contribution in [0.15, 0.2) is 0 Å². The average Bonchev–Trinajstić information content (AvgIpc) is 2.13. The summed E-state index contributed by atoms with van der Waals surface area (Å²) in [5.41, 5.74) is -0.680. The van der Waals surface area contributed by atoms with Gasteiger partial charge in [-0.2, -0.15) is 0 Å². The van der Waals surface area contributed by atoms with Gasteiger partial charge in [0.2, 0.25) is 11.8 Å². The van der Waals surface area contributed by atoms with Gasteiger partial charge >= 0.3 is 0 Å². The summed E-state index contributed by atoms with van der Waals surface area (Å²) in [4.78, 5) is 26.8. The minimum absolute atomic E-state index is 0.0190. The molecule has 2 amide bonds. The Bertz CT molecular complexity index is 261. The van der Waals surface area contributed by atoms with Crippen LogP contribution in [0.3, 0.4) is 0 Å². The molecule has 0 unspecified atom stereocenters. The summed E-state index contributed by atoms with van der Waals surface area (Å²) in [5, 5.41) is 0. The highest BCUT2D eigenvalue weighted by atomic mass is 16.2. The van der Waals surface area contributed by atoms with Gasteiger partial charge in [0.15, 0.2) is 0 Å². The quantitative estimate of drug-likeness (QED) is 0.614. The van der Waals surface area contributed by atoms with E-state index in [1.807, 2.05) is 6.92 Å². The molecule has 0 aromatic carbocycles. The van der Waals surface area contributed by atoms with Crippen molar-refractivity contribution in [3.05, 3.63) is 0 Å². The molecule has 14 heavy (non-hydrogen) atoms. The zero-order valence-corrected chi connectivity index (χ0v) is 9.33. The number of hydrogen-bond acceptors (Lipinski definition) is 2. The van der Waals surface area contributed by atoms with Gasteiger partial charge in [-0.05, 0) is 13.8 Å². The molecule has 0 aromatic rings. The molecule has 0 N–H and O–H groups in total. The Balaban J connectivity index is 2.89. The average molecular weight is 198 g/mol. The van der Waals surface area contributed by atoms with Gasteiger partial charge in [0.25, 0.3) is 0 Å². The third-order valence-electron chi connectivity index (χ3n) is 2.81. The van der Waals surface area contributed by atoms with E-state index in [0.29, 0.717) is 19.5 Å². The van der Waals surface area contributed by atoms with Gasteiger partial charge in [0, 0.05) is 26.6 Å². The first kappa shape index (κ1) is 11.0. The zero-order valence-electron chi connectivity index (χ0n) is 9.33. The molecule has 0 radical (unpaired) electrons. The Morgan fingerprint density at radius 1 is 1.43 bits per heavy atom. The first-order valence-electron chi connectivity index (χ1n) is 4.97. The van der Waals surface area contributed by atoms with Crippen molar-refractivity contribution in [1.29, 1.82) is 0 Å². The lowest BCUT2D eigenvalue weighted by atomic mass is 9.97. The minimum Gasteiger partial charge on any atom is -0.342 e. The summed E-state index contributed by atoms with van der Waals surface area (Å²) in [6, 6.07) is 0. The number of carbonyl (C=O) groups is 2.